The molecule has 1 aliphatic rings. The first-order valence-electron chi connectivity index (χ1n) is 6.73. The number of anilines is 2. The number of rotatable bonds is 3. The molecule has 0 amide bonds. The van der Waals surface area contributed by atoms with Gasteiger partial charge in [-0.2, -0.15) is 4.98 Å². The molecule has 0 aromatic carbocycles. The minimum absolute atomic E-state index is 0.600. The van der Waals surface area contributed by atoms with E-state index in [1.807, 2.05) is 13.2 Å². The lowest BCUT2D eigenvalue weighted by atomic mass is 10.1. The molecule has 1 aliphatic heterocycles. The van der Waals surface area contributed by atoms with Crippen LogP contribution < -0.4 is 10.2 Å². The summed E-state index contributed by atoms with van der Waals surface area (Å²) in [4.78, 5) is 11.3. The van der Waals surface area contributed by atoms with Crippen LogP contribution in [0, 0.1) is 0 Å². The first-order chi connectivity index (χ1) is 8.76. The fraction of sp³-hybridized carbons (Fsp3) is 0.692. The van der Waals surface area contributed by atoms with Gasteiger partial charge in [0.15, 0.2) is 0 Å². The Morgan fingerprint density at radius 2 is 2.28 bits per heavy atom. The van der Waals surface area contributed by atoms with E-state index in [1.54, 1.807) is 0 Å². The fourth-order valence-corrected chi connectivity index (χ4v) is 2.98. The average Bonchev–Trinajstić information content (AvgIpc) is 2.64. The summed E-state index contributed by atoms with van der Waals surface area (Å²) >= 11 is 3.58. The molecule has 1 fully saturated rings. The van der Waals surface area contributed by atoms with Gasteiger partial charge in [0.25, 0.3) is 0 Å². The SMILES string of the molecule is CCC1CCCCCN1c1nc(NC)ncc1Br. The van der Waals surface area contributed by atoms with Crippen LogP contribution in [0.25, 0.3) is 0 Å². The van der Waals surface area contributed by atoms with Crippen molar-refractivity contribution in [3.63, 3.8) is 0 Å². The molecular formula is C13H21BrN4. The molecular weight excluding hydrogens is 292 g/mol. The molecule has 1 atom stereocenters. The third-order valence-corrected chi connectivity index (χ3v) is 4.13. The van der Waals surface area contributed by atoms with Gasteiger partial charge in [0.05, 0.1) is 4.47 Å². The summed E-state index contributed by atoms with van der Waals surface area (Å²) in [5.74, 6) is 1.72. The maximum Gasteiger partial charge on any atom is 0.224 e. The molecule has 0 aliphatic carbocycles. The van der Waals surface area contributed by atoms with Gasteiger partial charge in [-0.05, 0) is 35.2 Å². The molecule has 100 valence electrons. The smallest absolute Gasteiger partial charge is 0.224 e. The zero-order valence-corrected chi connectivity index (χ0v) is 12.7. The zero-order chi connectivity index (χ0) is 13.0. The van der Waals surface area contributed by atoms with Gasteiger partial charge in [0.2, 0.25) is 5.95 Å². The first kappa shape index (κ1) is 13.6. The second-order valence-electron chi connectivity index (χ2n) is 4.72. The van der Waals surface area contributed by atoms with Crippen LogP contribution in [0.4, 0.5) is 11.8 Å². The summed E-state index contributed by atoms with van der Waals surface area (Å²) in [6, 6.07) is 0.600. The molecule has 1 saturated heterocycles. The van der Waals surface area contributed by atoms with Crippen LogP contribution >= 0.6 is 15.9 Å². The van der Waals surface area contributed by atoms with Gasteiger partial charge >= 0.3 is 0 Å². The summed E-state index contributed by atoms with van der Waals surface area (Å²) in [7, 11) is 1.85. The maximum atomic E-state index is 4.61. The number of nitrogens with zero attached hydrogens (tertiary/aromatic N) is 3. The Hall–Kier alpha value is -0.840. The quantitative estimate of drug-likeness (QED) is 0.928. The van der Waals surface area contributed by atoms with Crippen molar-refractivity contribution in [2.24, 2.45) is 0 Å². The predicted molar refractivity (Wildman–Crippen MR) is 79.2 cm³/mol. The Kier molecular flexibility index (Phi) is 4.80. The number of halogens is 1. The molecule has 0 saturated carbocycles. The summed E-state index contributed by atoms with van der Waals surface area (Å²) in [5, 5.41) is 3.01. The van der Waals surface area contributed by atoms with Crippen LogP contribution in [0.15, 0.2) is 10.7 Å². The van der Waals surface area contributed by atoms with Gasteiger partial charge < -0.3 is 10.2 Å². The van der Waals surface area contributed by atoms with Crippen LogP contribution in [-0.2, 0) is 0 Å². The Morgan fingerprint density at radius 1 is 1.44 bits per heavy atom. The van der Waals surface area contributed by atoms with Crippen LogP contribution in [-0.4, -0.2) is 29.6 Å². The largest absolute Gasteiger partial charge is 0.357 e. The highest BCUT2D eigenvalue weighted by molar-refractivity contribution is 9.10. The predicted octanol–water partition coefficient (Wildman–Crippen LogP) is 3.44. The van der Waals surface area contributed by atoms with E-state index in [9.17, 15) is 0 Å². The second kappa shape index (κ2) is 6.36. The summed E-state index contributed by atoms with van der Waals surface area (Å²) < 4.78 is 0.988. The molecule has 5 heteroatoms. The van der Waals surface area contributed by atoms with Crippen molar-refractivity contribution in [1.29, 1.82) is 0 Å². The van der Waals surface area contributed by atoms with E-state index in [-0.39, 0.29) is 0 Å². The van der Waals surface area contributed by atoms with Crippen molar-refractivity contribution in [2.75, 3.05) is 23.8 Å². The summed E-state index contributed by atoms with van der Waals surface area (Å²) in [5.41, 5.74) is 0. The van der Waals surface area contributed by atoms with E-state index in [1.165, 1.54) is 32.1 Å². The van der Waals surface area contributed by atoms with Crippen LogP contribution in [0.5, 0.6) is 0 Å². The minimum Gasteiger partial charge on any atom is -0.357 e. The fourth-order valence-electron chi connectivity index (χ4n) is 2.56. The molecule has 0 radical (unpaired) electrons. The average molecular weight is 313 g/mol. The molecule has 2 heterocycles. The Balaban J connectivity index is 2.31. The normalized spacial score (nSPS) is 20.6. The van der Waals surface area contributed by atoms with Crippen molar-refractivity contribution >= 4 is 27.7 Å². The third kappa shape index (κ3) is 2.94. The van der Waals surface area contributed by atoms with E-state index in [4.69, 9.17) is 0 Å². The van der Waals surface area contributed by atoms with E-state index < -0.39 is 0 Å². The number of hydrogen-bond donors (Lipinski definition) is 1. The molecule has 0 spiro atoms. The molecule has 18 heavy (non-hydrogen) atoms. The van der Waals surface area contributed by atoms with Gasteiger partial charge in [-0.1, -0.05) is 19.8 Å². The van der Waals surface area contributed by atoms with Gasteiger partial charge in [0.1, 0.15) is 5.82 Å². The first-order valence-corrected chi connectivity index (χ1v) is 7.52. The van der Waals surface area contributed by atoms with E-state index in [2.05, 4.69) is 43.0 Å². The lowest BCUT2D eigenvalue weighted by Gasteiger charge is -2.31. The Bertz CT molecular complexity index is 397. The van der Waals surface area contributed by atoms with Crippen LogP contribution in [0.3, 0.4) is 0 Å². The summed E-state index contributed by atoms with van der Waals surface area (Å²) in [6.45, 7) is 3.36. The molecule has 1 N–H and O–H groups in total. The van der Waals surface area contributed by atoms with E-state index in [0.29, 0.717) is 12.0 Å². The lowest BCUT2D eigenvalue weighted by Crippen LogP contribution is -2.35. The van der Waals surface area contributed by atoms with Crippen molar-refractivity contribution in [3.05, 3.63) is 10.7 Å². The van der Waals surface area contributed by atoms with Crippen LogP contribution in [0.2, 0.25) is 0 Å². The highest BCUT2D eigenvalue weighted by Gasteiger charge is 2.23. The molecule has 2 rings (SSSR count). The third-order valence-electron chi connectivity index (χ3n) is 3.57. The topological polar surface area (TPSA) is 41.1 Å². The zero-order valence-electron chi connectivity index (χ0n) is 11.1. The van der Waals surface area contributed by atoms with Crippen molar-refractivity contribution in [1.82, 2.24) is 9.97 Å². The van der Waals surface area contributed by atoms with Gasteiger partial charge in [-0.25, -0.2) is 4.98 Å². The van der Waals surface area contributed by atoms with Crippen molar-refractivity contribution < 1.29 is 0 Å². The molecule has 1 aromatic heterocycles. The van der Waals surface area contributed by atoms with Gasteiger partial charge in [0, 0.05) is 25.8 Å². The summed E-state index contributed by atoms with van der Waals surface area (Å²) in [6.07, 6.45) is 8.19. The van der Waals surface area contributed by atoms with Crippen molar-refractivity contribution in [2.45, 2.75) is 45.1 Å². The number of aromatic nitrogens is 2. The molecule has 1 aromatic rings. The number of nitrogens with one attached hydrogen (secondary N) is 1. The van der Waals surface area contributed by atoms with Crippen molar-refractivity contribution in [3.8, 4) is 0 Å². The number of hydrogen-bond acceptors (Lipinski definition) is 4. The molecule has 1 unspecified atom stereocenters. The monoisotopic (exact) mass is 312 g/mol. The Labute approximate surface area is 117 Å². The maximum absolute atomic E-state index is 4.61. The van der Waals surface area contributed by atoms with Crippen LogP contribution in [0.1, 0.15) is 39.0 Å². The molecule has 0 bridgehead atoms. The van der Waals surface area contributed by atoms with E-state index >= 15 is 0 Å². The standard InChI is InChI=1S/C13H21BrN4/c1-3-10-7-5-4-6-8-18(10)12-11(14)9-16-13(15-2)17-12/h9-10H,3-8H2,1-2H3,(H,15,16,17). The Morgan fingerprint density at radius 3 is 3.00 bits per heavy atom. The highest BCUT2D eigenvalue weighted by Crippen LogP contribution is 2.30. The highest BCUT2D eigenvalue weighted by atomic mass is 79.9. The minimum atomic E-state index is 0.600. The lowest BCUT2D eigenvalue weighted by molar-refractivity contribution is 0.551. The van der Waals surface area contributed by atoms with Gasteiger partial charge in [-0.3, -0.25) is 0 Å². The van der Waals surface area contributed by atoms with Gasteiger partial charge in [-0.15, -0.1) is 0 Å². The molecule has 4 nitrogen and oxygen atoms in total. The second-order valence-corrected chi connectivity index (χ2v) is 5.57. The van der Waals surface area contributed by atoms with E-state index in [0.717, 1.165) is 16.8 Å².